The van der Waals surface area contributed by atoms with E-state index < -0.39 is 0 Å². The fraction of sp³-hybridized carbons (Fsp3) is 0.250. The van der Waals surface area contributed by atoms with Crippen molar-refractivity contribution < 1.29 is 9.53 Å². The Morgan fingerprint density at radius 1 is 1.29 bits per heavy atom. The van der Waals surface area contributed by atoms with Gasteiger partial charge in [0.05, 0.1) is 7.11 Å². The highest BCUT2D eigenvalue weighted by Gasteiger charge is 2.24. The molecule has 2 aromatic rings. The second kappa shape index (κ2) is 7.49. The Morgan fingerprint density at radius 3 is 2.88 bits per heavy atom. The molecular formula is C20H21NO2S. The summed E-state index contributed by atoms with van der Waals surface area (Å²) in [5.41, 5.74) is 3.79. The zero-order chi connectivity index (χ0) is 16.9. The number of ether oxygens (including phenoxy) is 1. The third-order valence-corrected chi connectivity index (χ3v) is 4.85. The van der Waals surface area contributed by atoms with Gasteiger partial charge in [0.2, 0.25) is 0 Å². The molecule has 3 nitrogen and oxygen atoms in total. The topological polar surface area (TPSA) is 38.3 Å². The maximum atomic E-state index is 12.6. The number of allylic oxidation sites excluding steroid dienone is 2. The Bertz CT molecular complexity index is 788. The molecule has 0 saturated heterocycles. The van der Waals surface area contributed by atoms with Gasteiger partial charge in [-0.3, -0.25) is 4.79 Å². The van der Waals surface area contributed by atoms with Crippen molar-refractivity contribution in [3.05, 3.63) is 57.8 Å². The number of amides is 1. The quantitative estimate of drug-likeness (QED) is 0.781. The fourth-order valence-corrected chi connectivity index (χ4v) is 3.41. The molecule has 0 aliphatic heterocycles. The molecule has 0 atom stereocenters. The molecule has 0 bridgehead atoms. The first-order valence-corrected chi connectivity index (χ1v) is 9.04. The van der Waals surface area contributed by atoms with E-state index in [0.717, 1.165) is 35.3 Å². The number of carbonyl (C=O) groups is 1. The van der Waals surface area contributed by atoms with Crippen LogP contribution in [0.3, 0.4) is 0 Å². The number of fused-ring (bicyclic) bond motifs is 1. The van der Waals surface area contributed by atoms with E-state index in [0.29, 0.717) is 12.1 Å². The van der Waals surface area contributed by atoms with Crippen LogP contribution in [0.1, 0.15) is 35.8 Å². The standard InChI is InChI=1S/C20H21NO2S/c1-3-4-9-21-20(22)19-12-14(11-16-6-5-10-24-16)17-8-7-15(23-2)13-18(17)19/h5-8,10-13H,3-4,9H2,1-2H3,(H,21,22)/b14-11+. The Morgan fingerprint density at radius 2 is 2.17 bits per heavy atom. The van der Waals surface area contributed by atoms with Gasteiger partial charge < -0.3 is 10.1 Å². The van der Waals surface area contributed by atoms with Crippen LogP contribution in [-0.2, 0) is 4.79 Å². The van der Waals surface area contributed by atoms with Crippen LogP contribution in [0, 0.1) is 0 Å². The summed E-state index contributed by atoms with van der Waals surface area (Å²) in [6.07, 6.45) is 6.16. The number of hydrogen-bond donors (Lipinski definition) is 1. The van der Waals surface area contributed by atoms with Gasteiger partial charge in [-0.05, 0) is 58.9 Å². The highest BCUT2D eigenvalue weighted by molar-refractivity contribution is 7.10. The van der Waals surface area contributed by atoms with Crippen LogP contribution in [0.25, 0.3) is 17.2 Å². The summed E-state index contributed by atoms with van der Waals surface area (Å²) in [6.45, 7) is 2.82. The third kappa shape index (κ3) is 3.44. The van der Waals surface area contributed by atoms with E-state index in [1.54, 1.807) is 18.4 Å². The van der Waals surface area contributed by atoms with E-state index in [1.165, 1.54) is 4.88 Å². The first kappa shape index (κ1) is 16.5. The van der Waals surface area contributed by atoms with E-state index in [4.69, 9.17) is 4.74 Å². The van der Waals surface area contributed by atoms with Crippen molar-refractivity contribution in [2.24, 2.45) is 0 Å². The van der Waals surface area contributed by atoms with Gasteiger partial charge in [-0.2, -0.15) is 0 Å². The van der Waals surface area contributed by atoms with E-state index in [1.807, 2.05) is 30.3 Å². The second-order valence-electron chi connectivity index (χ2n) is 5.69. The third-order valence-electron chi connectivity index (χ3n) is 4.03. The van der Waals surface area contributed by atoms with Gasteiger partial charge >= 0.3 is 0 Å². The first-order chi connectivity index (χ1) is 11.7. The highest BCUT2D eigenvalue weighted by atomic mass is 32.1. The smallest absolute Gasteiger partial charge is 0.251 e. The largest absolute Gasteiger partial charge is 0.497 e. The van der Waals surface area contributed by atoms with Crippen LogP contribution in [0.2, 0.25) is 0 Å². The van der Waals surface area contributed by atoms with E-state index in [-0.39, 0.29) is 5.91 Å². The molecule has 24 heavy (non-hydrogen) atoms. The summed E-state index contributed by atoms with van der Waals surface area (Å²) in [5.74, 6) is 0.742. The minimum atomic E-state index is -0.0208. The molecular weight excluding hydrogens is 318 g/mol. The van der Waals surface area contributed by atoms with Crippen molar-refractivity contribution in [1.29, 1.82) is 0 Å². The Kier molecular flexibility index (Phi) is 5.16. The summed E-state index contributed by atoms with van der Waals surface area (Å²) in [5, 5.41) is 5.06. The molecule has 0 radical (unpaired) electrons. The predicted molar refractivity (Wildman–Crippen MR) is 101 cm³/mol. The summed E-state index contributed by atoms with van der Waals surface area (Å²) in [7, 11) is 1.64. The maximum absolute atomic E-state index is 12.6. The lowest BCUT2D eigenvalue weighted by molar-refractivity contribution is -0.115. The van der Waals surface area contributed by atoms with Gasteiger partial charge in [-0.1, -0.05) is 25.5 Å². The van der Waals surface area contributed by atoms with Gasteiger partial charge in [-0.25, -0.2) is 0 Å². The van der Waals surface area contributed by atoms with Crippen molar-refractivity contribution in [2.75, 3.05) is 13.7 Å². The highest BCUT2D eigenvalue weighted by Crippen LogP contribution is 2.38. The summed E-state index contributed by atoms with van der Waals surface area (Å²) >= 11 is 1.69. The number of methoxy groups -OCH3 is 1. The molecule has 124 valence electrons. The molecule has 1 aliphatic rings. The Labute approximate surface area is 146 Å². The van der Waals surface area contributed by atoms with Gasteiger partial charge in [0.15, 0.2) is 0 Å². The lowest BCUT2D eigenvalue weighted by Crippen LogP contribution is -2.24. The second-order valence-corrected chi connectivity index (χ2v) is 6.67. The molecule has 4 heteroatoms. The number of thiophene rings is 1. The zero-order valence-electron chi connectivity index (χ0n) is 14.0. The lowest BCUT2D eigenvalue weighted by Gasteiger charge is -2.09. The molecule has 1 N–H and O–H groups in total. The number of carbonyl (C=O) groups excluding carboxylic acids is 1. The van der Waals surface area contributed by atoms with Crippen molar-refractivity contribution in [1.82, 2.24) is 5.32 Å². The van der Waals surface area contributed by atoms with Gasteiger partial charge in [0, 0.05) is 17.0 Å². The predicted octanol–water partition coefficient (Wildman–Crippen LogP) is 4.61. The number of hydrogen-bond acceptors (Lipinski definition) is 3. The van der Waals surface area contributed by atoms with E-state index >= 15 is 0 Å². The zero-order valence-corrected chi connectivity index (χ0v) is 14.8. The fourth-order valence-electron chi connectivity index (χ4n) is 2.74. The molecule has 1 aromatic carbocycles. The lowest BCUT2D eigenvalue weighted by atomic mass is 10.0. The van der Waals surface area contributed by atoms with Crippen LogP contribution >= 0.6 is 11.3 Å². The minimum absolute atomic E-state index is 0.0208. The summed E-state index contributed by atoms with van der Waals surface area (Å²) in [6, 6.07) is 10.0. The molecule has 0 unspecified atom stereocenters. The first-order valence-electron chi connectivity index (χ1n) is 8.17. The molecule has 1 aromatic heterocycles. The van der Waals surface area contributed by atoms with E-state index in [9.17, 15) is 4.79 Å². The van der Waals surface area contributed by atoms with Crippen LogP contribution < -0.4 is 10.1 Å². The molecule has 0 spiro atoms. The van der Waals surface area contributed by atoms with Crippen LogP contribution in [0.15, 0.2) is 41.8 Å². The van der Waals surface area contributed by atoms with Crippen LogP contribution in [0.4, 0.5) is 0 Å². The molecule has 1 heterocycles. The van der Waals surface area contributed by atoms with Gasteiger partial charge in [0.1, 0.15) is 5.75 Å². The molecule has 0 fully saturated rings. The SMILES string of the molecule is CCCCNC(=O)C1=C/C(=C\c2cccs2)c2ccc(OC)cc21. The summed E-state index contributed by atoms with van der Waals surface area (Å²) in [4.78, 5) is 13.8. The molecule has 3 rings (SSSR count). The van der Waals surface area contributed by atoms with Crippen LogP contribution in [-0.4, -0.2) is 19.6 Å². The molecule has 0 saturated carbocycles. The van der Waals surface area contributed by atoms with Gasteiger partial charge in [-0.15, -0.1) is 11.3 Å². The van der Waals surface area contributed by atoms with Crippen molar-refractivity contribution in [3.8, 4) is 5.75 Å². The van der Waals surface area contributed by atoms with Crippen molar-refractivity contribution in [2.45, 2.75) is 19.8 Å². The number of benzene rings is 1. The van der Waals surface area contributed by atoms with Crippen LogP contribution in [0.5, 0.6) is 5.75 Å². The monoisotopic (exact) mass is 339 g/mol. The van der Waals surface area contributed by atoms with E-state index in [2.05, 4.69) is 29.8 Å². The normalized spacial score (nSPS) is 14.4. The average Bonchev–Trinajstić information content (AvgIpc) is 3.23. The molecule has 1 amide bonds. The molecule has 1 aliphatic carbocycles. The minimum Gasteiger partial charge on any atom is -0.497 e. The number of nitrogens with one attached hydrogen (secondary N) is 1. The maximum Gasteiger partial charge on any atom is 0.251 e. The number of rotatable bonds is 6. The number of unbranched alkanes of at least 4 members (excludes halogenated alkanes) is 1. The summed E-state index contributed by atoms with van der Waals surface area (Å²) < 4.78 is 5.33. The Balaban J connectivity index is 1.97. The van der Waals surface area contributed by atoms with Gasteiger partial charge in [0.25, 0.3) is 5.91 Å². The Hall–Kier alpha value is -2.33. The van der Waals surface area contributed by atoms with Crippen molar-refractivity contribution >= 4 is 34.5 Å². The van der Waals surface area contributed by atoms with Crippen molar-refractivity contribution in [3.63, 3.8) is 0 Å². The average molecular weight is 339 g/mol.